The summed E-state index contributed by atoms with van der Waals surface area (Å²) in [6, 6.07) is 14.1. The van der Waals surface area contributed by atoms with Crippen molar-refractivity contribution < 1.29 is 5.11 Å². The smallest absolute Gasteiger partial charge is 0.0761 e. The SMILES string of the molecule is Cl.N[C@@H](c1cccc2ccccc12)[C@H](O)C1CCC1. The van der Waals surface area contributed by atoms with E-state index < -0.39 is 6.10 Å². The summed E-state index contributed by atoms with van der Waals surface area (Å²) in [5.74, 6) is 0.388. The van der Waals surface area contributed by atoms with Gasteiger partial charge in [0.05, 0.1) is 12.1 Å². The fourth-order valence-corrected chi connectivity index (χ4v) is 2.80. The molecule has 3 heteroatoms. The Bertz CT molecular complexity index is 548. The van der Waals surface area contributed by atoms with Crippen molar-refractivity contribution >= 4 is 23.2 Å². The highest BCUT2D eigenvalue weighted by Crippen LogP contribution is 2.35. The molecule has 3 rings (SSSR count). The molecular weight excluding hydrogens is 258 g/mol. The van der Waals surface area contributed by atoms with E-state index in [0.717, 1.165) is 23.8 Å². The van der Waals surface area contributed by atoms with Crippen molar-refractivity contribution in [3.8, 4) is 0 Å². The topological polar surface area (TPSA) is 46.2 Å². The molecule has 0 amide bonds. The maximum atomic E-state index is 10.3. The van der Waals surface area contributed by atoms with Crippen molar-refractivity contribution in [2.45, 2.75) is 31.4 Å². The number of hydrogen-bond donors (Lipinski definition) is 2. The minimum Gasteiger partial charge on any atom is -0.391 e. The summed E-state index contributed by atoms with van der Waals surface area (Å²) in [6.07, 6.45) is 3.04. The summed E-state index contributed by atoms with van der Waals surface area (Å²) in [7, 11) is 0. The molecule has 0 unspecified atom stereocenters. The van der Waals surface area contributed by atoms with E-state index in [4.69, 9.17) is 5.73 Å². The predicted molar refractivity (Wildman–Crippen MR) is 81.5 cm³/mol. The lowest BCUT2D eigenvalue weighted by molar-refractivity contribution is 0.0417. The summed E-state index contributed by atoms with van der Waals surface area (Å²) in [6.45, 7) is 0. The van der Waals surface area contributed by atoms with Crippen LogP contribution in [0.2, 0.25) is 0 Å². The lowest BCUT2D eigenvalue weighted by Gasteiger charge is -2.34. The van der Waals surface area contributed by atoms with E-state index in [1.807, 2.05) is 24.3 Å². The first-order valence-corrected chi connectivity index (χ1v) is 6.68. The van der Waals surface area contributed by atoms with E-state index in [0.29, 0.717) is 5.92 Å². The van der Waals surface area contributed by atoms with Crippen molar-refractivity contribution in [2.75, 3.05) is 0 Å². The molecule has 0 heterocycles. The van der Waals surface area contributed by atoms with Crippen molar-refractivity contribution in [3.63, 3.8) is 0 Å². The van der Waals surface area contributed by atoms with Gasteiger partial charge in [0.2, 0.25) is 0 Å². The lowest BCUT2D eigenvalue weighted by Crippen LogP contribution is -2.36. The molecule has 0 spiro atoms. The van der Waals surface area contributed by atoms with Crippen molar-refractivity contribution in [1.29, 1.82) is 0 Å². The summed E-state index contributed by atoms with van der Waals surface area (Å²) in [5.41, 5.74) is 7.33. The van der Waals surface area contributed by atoms with Crippen LogP contribution in [-0.2, 0) is 0 Å². The van der Waals surface area contributed by atoms with Crippen LogP contribution >= 0.6 is 12.4 Å². The maximum Gasteiger partial charge on any atom is 0.0761 e. The van der Waals surface area contributed by atoms with Gasteiger partial charge in [-0.1, -0.05) is 48.9 Å². The van der Waals surface area contributed by atoms with E-state index in [9.17, 15) is 5.11 Å². The number of benzene rings is 2. The third-order valence-corrected chi connectivity index (χ3v) is 4.18. The zero-order valence-corrected chi connectivity index (χ0v) is 11.6. The Kier molecular flexibility index (Phi) is 4.46. The fraction of sp³-hybridized carbons (Fsp3) is 0.375. The Balaban J connectivity index is 0.00000133. The largest absolute Gasteiger partial charge is 0.391 e. The number of aliphatic hydroxyl groups excluding tert-OH is 1. The van der Waals surface area contributed by atoms with Gasteiger partial charge in [-0.25, -0.2) is 0 Å². The molecule has 2 atom stereocenters. The van der Waals surface area contributed by atoms with Gasteiger partial charge in [0.25, 0.3) is 0 Å². The van der Waals surface area contributed by atoms with Gasteiger partial charge in [0.1, 0.15) is 0 Å². The van der Waals surface area contributed by atoms with Crippen molar-refractivity contribution in [1.82, 2.24) is 0 Å². The van der Waals surface area contributed by atoms with Crippen LogP contribution in [0.1, 0.15) is 30.9 Å². The predicted octanol–water partition coefficient (Wildman–Crippen LogP) is 3.42. The second-order valence-corrected chi connectivity index (χ2v) is 5.28. The molecule has 0 saturated heterocycles. The number of halogens is 1. The number of aliphatic hydroxyl groups is 1. The molecular formula is C16H20ClNO. The van der Waals surface area contributed by atoms with Crippen molar-refractivity contribution in [2.24, 2.45) is 11.7 Å². The van der Waals surface area contributed by atoms with E-state index in [-0.39, 0.29) is 18.4 Å². The number of fused-ring (bicyclic) bond motifs is 1. The zero-order valence-electron chi connectivity index (χ0n) is 10.8. The molecule has 0 aromatic heterocycles. The zero-order chi connectivity index (χ0) is 12.5. The highest BCUT2D eigenvalue weighted by molar-refractivity contribution is 5.86. The Morgan fingerprint density at radius 1 is 1.05 bits per heavy atom. The van der Waals surface area contributed by atoms with Crippen molar-refractivity contribution in [3.05, 3.63) is 48.0 Å². The monoisotopic (exact) mass is 277 g/mol. The molecule has 1 fully saturated rings. The molecule has 0 bridgehead atoms. The van der Waals surface area contributed by atoms with Crippen LogP contribution in [0.4, 0.5) is 0 Å². The Morgan fingerprint density at radius 3 is 2.42 bits per heavy atom. The fourth-order valence-electron chi connectivity index (χ4n) is 2.80. The number of nitrogens with two attached hydrogens (primary N) is 1. The van der Waals surface area contributed by atoms with Gasteiger partial charge in [-0.05, 0) is 35.1 Å². The standard InChI is InChI=1S/C16H19NO.ClH/c17-15(16(18)12-7-3-8-12)14-10-4-6-11-5-1-2-9-13(11)14;/h1-2,4-6,9-10,12,15-16,18H,3,7-8,17H2;1H/t15-,16+;/m0./s1. The van der Waals surface area contributed by atoms with Crippen LogP contribution in [0.3, 0.4) is 0 Å². The van der Waals surface area contributed by atoms with E-state index in [2.05, 4.69) is 18.2 Å². The van der Waals surface area contributed by atoms with E-state index >= 15 is 0 Å². The van der Waals surface area contributed by atoms with Crippen LogP contribution in [0.5, 0.6) is 0 Å². The molecule has 1 aliphatic rings. The highest BCUT2D eigenvalue weighted by Gasteiger charge is 2.31. The van der Waals surface area contributed by atoms with Gasteiger partial charge >= 0.3 is 0 Å². The Morgan fingerprint density at radius 2 is 1.74 bits per heavy atom. The van der Waals surface area contributed by atoms with E-state index in [1.165, 1.54) is 11.8 Å². The third-order valence-electron chi connectivity index (χ3n) is 4.18. The first kappa shape index (κ1) is 14.3. The third kappa shape index (κ3) is 2.62. The molecule has 102 valence electrons. The molecule has 2 aromatic carbocycles. The lowest BCUT2D eigenvalue weighted by atomic mass is 9.77. The molecule has 1 saturated carbocycles. The maximum absolute atomic E-state index is 10.3. The van der Waals surface area contributed by atoms with E-state index in [1.54, 1.807) is 0 Å². The van der Waals surface area contributed by atoms with Crippen LogP contribution < -0.4 is 5.73 Å². The summed E-state index contributed by atoms with van der Waals surface area (Å²) < 4.78 is 0. The first-order chi connectivity index (χ1) is 8.77. The van der Waals surface area contributed by atoms with Gasteiger partial charge in [-0.15, -0.1) is 12.4 Å². The van der Waals surface area contributed by atoms with Gasteiger partial charge in [-0.2, -0.15) is 0 Å². The number of rotatable bonds is 3. The van der Waals surface area contributed by atoms with Crippen LogP contribution in [0, 0.1) is 5.92 Å². The quantitative estimate of drug-likeness (QED) is 0.903. The minimum atomic E-state index is -0.412. The first-order valence-electron chi connectivity index (χ1n) is 6.68. The molecule has 3 N–H and O–H groups in total. The molecule has 1 aliphatic carbocycles. The van der Waals surface area contributed by atoms with Gasteiger partial charge < -0.3 is 10.8 Å². The van der Waals surface area contributed by atoms with Crippen LogP contribution in [0.15, 0.2) is 42.5 Å². The van der Waals surface area contributed by atoms with Crippen LogP contribution in [0.25, 0.3) is 10.8 Å². The van der Waals surface area contributed by atoms with Gasteiger partial charge in [-0.3, -0.25) is 0 Å². The molecule has 19 heavy (non-hydrogen) atoms. The number of hydrogen-bond acceptors (Lipinski definition) is 2. The summed E-state index contributed by atoms with van der Waals surface area (Å²) >= 11 is 0. The van der Waals surface area contributed by atoms with Crippen LogP contribution in [-0.4, -0.2) is 11.2 Å². The molecule has 0 radical (unpaired) electrons. The minimum absolute atomic E-state index is 0. The second kappa shape index (κ2) is 5.91. The average Bonchev–Trinajstić information content (AvgIpc) is 2.35. The molecule has 2 aromatic rings. The second-order valence-electron chi connectivity index (χ2n) is 5.28. The van der Waals surface area contributed by atoms with Gasteiger partial charge in [0.15, 0.2) is 0 Å². The average molecular weight is 278 g/mol. The summed E-state index contributed by atoms with van der Waals surface area (Å²) in [5, 5.41) is 12.7. The summed E-state index contributed by atoms with van der Waals surface area (Å²) in [4.78, 5) is 0. The highest BCUT2D eigenvalue weighted by atomic mass is 35.5. The van der Waals surface area contributed by atoms with Gasteiger partial charge in [0, 0.05) is 0 Å². The molecule has 2 nitrogen and oxygen atoms in total. The molecule has 0 aliphatic heterocycles. The Hall–Kier alpha value is -1.09. The Labute approximate surface area is 120 Å². The normalized spacial score (nSPS) is 18.4.